The van der Waals surface area contributed by atoms with Gasteiger partial charge in [-0.1, -0.05) is 58.8 Å². The minimum Gasteiger partial charge on any atom is -0.380 e. The third kappa shape index (κ3) is 5.37. The van der Waals surface area contributed by atoms with Crippen molar-refractivity contribution >= 4 is 0 Å². The molecule has 2 aliphatic carbocycles. The predicted molar refractivity (Wildman–Crippen MR) is 86.0 cm³/mol. The molecule has 0 heterocycles. The normalized spacial score (nSPS) is 28.9. The van der Waals surface area contributed by atoms with Crippen LogP contribution in [0.3, 0.4) is 0 Å². The Labute approximate surface area is 126 Å². The molecule has 0 aromatic rings. The molecule has 0 amide bonds. The van der Waals surface area contributed by atoms with E-state index in [-0.39, 0.29) is 0 Å². The Morgan fingerprint density at radius 2 is 1.65 bits per heavy atom. The van der Waals surface area contributed by atoms with Crippen molar-refractivity contribution in [3.05, 3.63) is 0 Å². The second kappa shape index (κ2) is 9.04. The fourth-order valence-electron chi connectivity index (χ4n) is 4.18. The molecule has 0 aliphatic heterocycles. The molecule has 20 heavy (non-hydrogen) atoms. The van der Waals surface area contributed by atoms with E-state index in [1.54, 1.807) is 0 Å². The molecule has 0 saturated heterocycles. The van der Waals surface area contributed by atoms with Gasteiger partial charge in [0.05, 0.1) is 6.61 Å². The summed E-state index contributed by atoms with van der Waals surface area (Å²) in [5.41, 5.74) is 0. The van der Waals surface area contributed by atoms with Gasteiger partial charge in [-0.15, -0.1) is 0 Å². The van der Waals surface area contributed by atoms with Crippen LogP contribution in [0.2, 0.25) is 0 Å². The highest BCUT2D eigenvalue weighted by atomic mass is 16.5. The van der Waals surface area contributed by atoms with Crippen LogP contribution in [0.5, 0.6) is 0 Å². The first-order chi connectivity index (χ1) is 9.77. The lowest BCUT2D eigenvalue weighted by molar-refractivity contribution is 0.0982. The van der Waals surface area contributed by atoms with E-state index in [0.717, 1.165) is 37.6 Å². The largest absolute Gasteiger partial charge is 0.380 e. The minimum absolute atomic E-state index is 0.652. The fourth-order valence-corrected chi connectivity index (χ4v) is 4.18. The number of ether oxygens (including phenoxy) is 1. The van der Waals surface area contributed by atoms with Crippen LogP contribution in [-0.2, 0) is 4.74 Å². The molecule has 2 unspecified atom stereocenters. The van der Waals surface area contributed by atoms with Crippen LogP contribution in [0.1, 0.15) is 71.6 Å². The van der Waals surface area contributed by atoms with Gasteiger partial charge in [0.15, 0.2) is 0 Å². The van der Waals surface area contributed by atoms with Crippen LogP contribution < -0.4 is 5.32 Å². The van der Waals surface area contributed by atoms with Gasteiger partial charge in [-0.2, -0.15) is 0 Å². The van der Waals surface area contributed by atoms with Gasteiger partial charge in [0.25, 0.3) is 0 Å². The molecule has 0 aromatic heterocycles. The van der Waals surface area contributed by atoms with E-state index < -0.39 is 0 Å². The van der Waals surface area contributed by atoms with Gasteiger partial charge in [0.1, 0.15) is 0 Å². The summed E-state index contributed by atoms with van der Waals surface area (Å²) < 4.78 is 5.70. The zero-order chi connectivity index (χ0) is 14.2. The summed E-state index contributed by atoms with van der Waals surface area (Å²) in [6.45, 7) is 7.26. The lowest BCUT2D eigenvalue weighted by Gasteiger charge is -2.39. The molecule has 0 aromatic carbocycles. The van der Waals surface area contributed by atoms with Crippen molar-refractivity contribution in [1.82, 2.24) is 5.32 Å². The van der Waals surface area contributed by atoms with Gasteiger partial charge in [-0.3, -0.25) is 0 Å². The first-order valence-corrected chi connectivity index (χ1v) is 9.08. The Morgan fingerprint density at radius 1 is 0.950 bits per heavy atom. The lowest BCUT2D eigenvalue weighted by Crippen LogP contribution is -2.43. The van der Waals surface area contributed by atoms with Gasteiger partial charge in [0.2, 0.25) is 0 Å². The smallest absolute Gasteiger partial charge is 0.0591 e. The zero-order valence-corrected chi connectivity index (χ0v) is 13.7. The summed E-state index contributed by atoms with van der Waals surface area (Å²) in [4.78, 5) is 0. The maximum absolute atomic E-state index is 5.70. The molecule has 0 radical (unpaired) electrons. The summed E-state index contributed by atoms with van der Waals surface area (Å²) in [6.07, 6.45) is 13.2. The first-order valence-electron chi connectivity index (χ1n) is 9.08. The second-order valence-electron chi connectivity index (χ2n) is 7.38. The standard InChI is InChI=1S/C18H35NO/c1-15(2)14-20-13-12-19-18-11-7-6-10-17(18)16-8-4-3-5-9-16/h15-19H,3-14H2,1-2H3. The van der Waals surface area contributed by atoms with Crippen molar-refractivity contribution in [3.63, 3.8) is 0 Å². The number of nitrogens with one attached hydrogen (secondary N) is 1. The third-order valence-corrected chi connectivity index (χ3v) is 5.18. The van der Waals surface area contributed by atoms with Crippen molar-refractivity contribution in [2.24, 2.45) is 17.8 Å². The molecule has 1 N–H and O–H groups in total. The molecule has 2 heteroatoms. The van der Waals surface area contributed by atoms with E-state index in [9.17, 15) is 0 Å². The Balaban J connectivity index is 1.69. The maximum atomic E-state index is 5.70. The topological polar surface area (TPSA) is 21.3 Å². The van der Waals surface area contributed by atoms with Gasteiger partial charge in [-0.25, -0.2) is 0 Å². The molecule has 118 valence electrons. The summed E-state index contributed by atoms with van der Waals surface area (Å²) in [5, 5.41) is 3.82. The Hall–Kier alpha value is -0.0800. The number of hydrogen-bond donors (Lipinski definition) is 1. The number of hydrogen-bond acceptors (Lipinski definition) is 2. The molecular formula is C18H35NO. The average molecular weight is 281 g/mol. The maximum Gasteiger partial charge on any atom is 0.0591 e. The molecule has 0 bridgehead atoms. The van der Waals surface area contributed by atoms with E-state index in [1.165, 1.54) is 57.8 Å². The molecule has 2 saturated carbocycles. The van der Waals surface area contributed by atoms with Crippen molar-refractivity contribution in [2.45, 2.75) is 77.7 Å². The van der Waals surface area contributed by atoms with Crippen LogP contribution in [0.4, 0.5) is 0 Å². The molecule has 2 fully saturated rings. The molecule has 2 rings (SSSR count). The van der Waals surface area contributed by atoms with Gasteiger partial charge < -0.3 is 10.1 Å². The minimum atomic E-state index is 0.652. The molecular weight excluding hydrogens is 246 g/mol. The van der Waals surface area contributed by atoms with Crippen LogP contribution in [-0.4, -0.2) is 25.8 Å². The van der Waals surface area contributed by atoms with Crippen molar-refractivity contribution in [1.29, 1.82) is 0 Å². The quantitative estimate of drug-likeness (QED) is 0.699. The highest BCUT2D eigenvalue weighted by molar-refractivity contribution is 4.86. The molecule has 2 atom stereocenters. The predicted octanol–water partition coefficient (Wildman–Crippen LogP) is 4.39. The van der Waals surface area contributed by atoms with Crippen LogP contribution in [0.15, 0.2) is 0 Å². The average Bonchev–Trinajstić information content (AvgIpc) is 2.48. The van der Waals surface area contributed by atoms with Gasteiger partial charge in [0, 0.05) is 19.2 Å². The molecule has 2 nitrogen and oxygen atoms in total. The number of rotatable bonds is 7. The monoisotopic (exact) mass is 281 g/mol. The Bertz CT molecular complexity index is 248. The van der Waals surface area contributed by atoms with Crippen molar-refractivity contribution in [3.8, 4) is 0 Å². The van der Waals surface area contributed by atoms with E-state index in [1.807, 2.05) is 0 Å². The third-order valence-electron chi connectivity index (χ3n) is 5.18. The van der Waals surface area contributed by atoms with Gasteiger partial charge >= 0.3 is 0 Å². The van der Waals surface area contributed by atoms with E-state index in [0.29, 0.717) is 5.92 Å². The van der Waals surface area contributed by atoms with Crippen LogP contribution in [0, 0.1) is 17.8 Å². The van der Waals surface area contributed by atoms with E-state index >= 15 is 0 Å². The highest BCUT2D eigenvalue weighted by Crippen LogP contribution is 2.38. The van der Waals surface area contributed by atoms with Gasteiger partial charge in [-0.05, 0) is 30.6 Å². The zero-order valence-electron chi connectivity index (χ0n) is 13.7. The highest BCUT2D eigenvalue weighted by Gasteiger charge is 2.31. The Morgan fingerprint density at radius 3 is 2.40 bits per heavy atom. The SMILES string of the molecule is CC(C)COCCNC1CCCCC1C1CCCCC1. The fraction of sp³-hybridized carbons (Fsp3) is 1.00. The second-order valence-corrected chi connectivity index (χ2v) is 7.38. The van der Waals surface area contributed by atoms with E-state index in [2.05, 4.69) is 19.2 Å². The van der Waals surface area contributed by atoms with Crippen molar-refractivity contribution in [2.75, 3.05) is 19.8 Å². The molecule has 2 aliphatic rings. The van der Waals surface area contributed by atoms with E-state index in [4.69, 9.17) is 4.74 Å². The lowest BCUT2D eigenvalue weighted by atomic mass is 9.71. The summed E-state index contributed by atoms with van der Waals surface area (Å²) in [6, 6.07) is 0.773. The summed E-state index contributed by atoms with van der Waals surface area (Å²) >= 11 is 0. The first kappa shape index (κ1) is 16.3. The summed E-state index contributed by atoms with van der Waals surface area (Å²) in [5.74, 6) is 2.62. The van der Waals surface area contributed by atoms with Crippen molar-refractivity contribution < 1.29 is 4.74 Å². The molecule has 0 spiro atoms. The summed E-state index contributed by atoms with van der Waals surface area (Å²) in [7, 11) is 0. The van der Waals surface area contributed by atoms with Crippen LogP contribution >= 0.6 is 0 Å². The Kier molecular flexibility index (Phi) is 7.37. The van der Waals surface area contributed by atoms with Crippen LogP contribution in [0.25, 0.3) is 0 Å².